The predicted molar refractivity (Wildman–Crippen MR) is 72.5 cm³/mol. The number of rotatable bonds is 2. The summed E-state index contributed by atoms with van der Waals surface area (Å²) >= 11 is 0. The van der Waals surface area contributed by atoms with Crippen molar-refractivity contribution in [3.05, 3.63) is 18.6 Å². The predicted octanol–water partition coefficient (Wildman–Crippen LogP) is 0.0395. The summed E-state index contributed by atoms with van der Waals surface area (Å²) in [5.74, 6) is 0.861. The molecule has 19 heavy (non-hydrogen) atoms. The summed E-state index contributed by atoms with van der Waals surface area (Å²) < 4.78 is 24.5. The number of hydrogen-bond donors (Lipinski definition) is 1. The van der Waals surface area contributed by atoms with Crippen LogP contribution in [-0.2, 0) is 10.0 Å². The molecular weight excluding hydrogens is 266 g/mol. The van der Waals surface area contributed by atoms with Crippen LogP contribution in [0.3, 0.4) is 0 Å². The van der Waals surface area contributed by atoms with E-state index in [9.17, 15) is 8.42 Å². The molecule has 2 aromatic rings. The van der Waals surface area contributed by atoms with Crippen LogP contribution in [0.1, 0.15) is 0 Å². The molecule has 3 rings (SSSR count). The van der Waals surface area contributed by atoms with Gasteiger partial charge in [-0.05, 0) is 6.07 Å². The van der Waals surface area contributed by atoms with Crippen LogP contribution >= 0.6 is 0 Å². The number of anilines is 1. The minimum atomic E-state index is -3.10. The molecule has 0 unspecified atom stereocenters. The van der Waals surface area contributed by atoms with E-state index in [1.165, 1.54) is 16.9 Å². The maximum absolute atomic E-state index is 11.5. The first-order valence-electron chi connectivity index (χ1n) is 6.04. The second kappa shape index (κ2) is 4.46. The van der Waals surface area contributed by atoms with Gasteiger partial charge in [0.1, 0.15) is 17.8 Å². The minimum Gasteiger partial charge on any atom is -0.353 e. The fourth-order valence-corrected chi connectivity index (χ4v) is 3.17. The van der Waals surface area contributed by atoms with Crippen LogP contribution in [0, 0.1) is 0 Å². The van der Waals surface area contributed by atoms with E-state index >= 15 is 0 Å². The van der Waals surface area contributed by atoms with E-state index < -0.39 is 10.0 Å². The number of piperazine rings is 1. The molecule has 102 valence electrons. The summed E-state index contributed by atoms with van der Waals surface area (Å²) in [5.41, 5.74) is 0.801. The average molecular weight is 281 g/mol. The van der Waals surface area contributed by atoms with E-state index in [1.807, 2.05) is 12.3 Å². The number of fused-ring (bicyclic) bond motifs is 1. The number of H-pyrrole nitrogens is 1. The van der Waals surface area contributed by atoms with Gasteiger partial charge in [0.15, 0.2) is 0 Å². The minimum absolute atomic E-state index is 0.495. The Balaban J connectivity index is 1.84. The van der Waals surface area contributed by atoms with Crippen molar-refractivity contribution in [2.24, 2.45) is 0 Å². The zero-order valence-corrected chi connectivity index (χ0v) is 11.4. The summed E-state index contributed by atoms with van der Waals surface area (Å²) in [7, 11) is -3.10. The second-order valence-corrected chi connectivity index (χ2v) is 6.57. The largest absolute Gasteiger partial charge is 0.353 e. The van der Waals surface area contributed by atoms with Gasteiger partial charge < -0.3 is 9.88 Å². The lowest BCUT2D eigenvalue weighted by atomic mass is 10.3. The lowest BCUT2D eigenvalue weighted by Gasteiger charge is -2.34. The molecule has 0 aromatic carbocycles. The maximum atomic E-state index is 11.5. The standard InChI is InChI=1S/C11H15N5O2S/c1-19(17,18)16-6-4-15(5-7-16)11-9-2-3-12-10(9)13-8-14-11/h2-3,8H,4-7H2,1H3,(H,12,13,14). The Kier molecular flexibility index (Phi) is 2.90. The van der Waals surface area contributed by atoms with E-state index in [4.69, 9.17) is 0 Å². The fourth-order valence-electron chi connectivity index (χ4n) is 2.34. The molecule has 1 saturated heterocycles. The first kappa shape index (κ1) is 12.4. The van der Waals surface area contributed by atoms with Gasteiger partial charge in [0.2, 0.25) is 10.0 Å². The summed E-state index contributed by atoms with van der Waals surface area (Å²) in [4.78, 5) is 13.6. The van der Waals surface area contributed by atoms with Crippen molar-refractivity contribution in [3.63, 3.8) is 0 Å². The second-order valence-electron chi connectivity index (χ2n) is 4.59. The van der Waals surface area contributed by atoms with E-state index in [0.29, 0.717) is 26.2 Å². The van der Waals surface area contributed by atoms with Crippen molar-refractivity contribution in [3.8, 4) is 0 Å². The highest BCUT2D eigenvalue weighted by atomic mass is 32.2. The SMILES string of the molecule is CS(=O)(=O)N1CCN(c2ncnc3[nH]ccc23)CC1. The number of aromatic amines is 1. The van der Waals surface area contributed by atoms with Crippen LogP contribution in [0.2, 0.25) is 0 Å². The zero-order valence-electron chi connectivity index (χ0n) is 10.6. The number of aromatic nitrogens is 3. The van der Waals surface area contributed by atoms with Gasteiger partial charge in [-0.25, -0.2) is 18.4 Å². The highest BCUT2D eigenvalue weighted by Crippen LogP contribution is 2.23. The Morgan fingerprint density at radius 1 is 1.21 bits per heavy atom. The van der Waals surface area contributed by atoms with Crippen LogP contribution < -0.4 is 4.90 Å². The highest BCUT2D eigenvalue weighted by molar-refractivity contribution is 7.88. The molecule has 0 saturated carbocycles. The topological polar surface area (TPSA) is 82.2 Å². The van der Waals surface area contributed by atoms with Gasteiger partial charge in [-0.2, -0.15) is 4.31 Å². The normalized spacial score (nSPS) is 18.1. The molecule has 1 fully saturated rings. The smallest absolute Gasteiger partial charge is 0.211 e. The van der Waals surface area contributed by atoms with Crippen LogP contribution in [0.25, 0.3) is 11.0 Å². The third kappa shape index (κ3) is 2.28. The van der Waals surface area contributed by atoms with Gasteiger partial charge in [0.25, 0.3) is 0 Å². The van der Waals surface area contributed by atoms with Gasteiger partial charge >= 0.3 is 0 Å². The summed E-state index contributed by atoms with van der Waals surface area (Å²) in [6.45, 7) is 2.28. The molecule has 8 heteroatoms. The highest BCUT2D eigenvalue weighted by Gasteiger charge is 2.25. The first-order valence-corrected chi connectivity index (χ1v) is 7.89. The first-order chi connectivity index (χ1) is 9.05. The number of sulfonamides is 1. The van der Waals surface area contributed by atoms with E-state index in [0.717, 1.165) is 16.9 Å². The Bertz CT molecular complexity index is 688. The Morgan fingerprint density at radius 2 is 1.95 bits per heavy atom. The average Bonchev–Trinajstić information content (AvgIpc) is 2.86. The van der Waals surface area contributed by atoms with E-state index in [2.05, 4.69) is 19.9 Å². The van der Waals surface area contributed by atoms with Gasteiger partial charge in [0.05, 0.1) is 11.6 Å². The number of hydrogen-bond acceptors (Lipinski definition) is 5. The zero-order chi connectivity index (χ0) is 13.5. The van der Waals surface area contributed by atoms with Crippen LogP contribution in [0.4, 0.5) is 5.82 Å². The lowest BCUT2D eigenvalue weighted by Crippen LogP contribution is -2.48. The molecule has 0 atom stereocenters. The van der Waals surface area contributed by atoms with E-state index in [-0.39, 0.29) is 0 Å². The van der Waals surface area contributed by atoms with Gasteiger partial charge in [-0.15, -0.1) is 0 Å². The Hall–Kier alpha value is -1.67. The summed E-state index contributed by atoms with van der Waals surface area (Å²) in [6.07, 6.45) is 4.60. The van der Waals surface area contributed by atoms with E-state index in [1.54, 1.807) is 0 Å². The molecular formula is C11H15N5O2S. The van der Waals surface area contributed by atoms with Crippen LogP contribution in [0.15, 0.2) is 18.6 Å². The van der Waals surface area contributed by atoms with Crippen molar-refractivity contribution in [1.82, 2.24) is 19.3 Å². The lowest BCUT2D eigenvalue weighted by molar-refractivity contribution is 0.387. The van der Waals surface area contributed by atoms with Crippen LogP contribution in [-0.4, -0.2) is 60.1 Å². The fraction of sp³-hybridized carbons (Fsp3) is 0.455. The van der Waals surface area contributed by atoms with Crippen molar-refractivity contribution in [1.29, 1.82) is 0 Å². The Morgan fingerprint density at radius 3 is 2.63 bits per heavy atom. The summed E-state index contributed by atoms with van der Waals surface area (Å²) in [5, 5.41) is 0.968. The number of nitrogens with zero attached hydrogens (tertiary/aromatic N) is 4. The quantitative estimate of drug-likeness (QED) is 0.840. The molecule has 0 amide bonds. The maximum Gasteiger partial charge on any atom is 0.211 e. The molecule has 0 aliphatic carbocycles. The molecule has 1 aliphatic rings. The Labute approximate surface area is 111 Å². The van der Waals surface area contributed by atoms with Crippen molar-refractivity contribution >= 4 is 26.9 Å². The van der Waals surface area contributed by atoms with Crippen molar-refractivity contribution in [2.75, 3.05) is 37.3 Å². The summed E-state index contributed by atoms with van der Waals surface area (Å²) in [6, 6.07) is 1.94. The van der Waals surface area contributed by atoms with Gasteiger partial charge in [-0.3, -0.25) is 0 Å². The van der Waals surface area contributed by atoms with Crippen LogP contribution in [0.5, 0.6) is 0 Å². The molecule has 0 radical (unpaired) electrons. The molecule has 2 aromatic heterocycles. The third-order valence-electron chi connectivity index (χ3n) is 3.34. The monoisotopic (exact) mass is 281 g/mol. The number of nitrogens with one attached hydrogen (secondary N) is 1. The molecule has 1 N–H and O–H groups in total. The molecule has 0 spiro atoms. The molecule has 0 bridgehead atoms. The van der Waals surface area contributed by atoms with Gasteiger partial charge in [-0.1, -0.05) is 0 Å². The van der Waals surface area contributed by atoms with Crippen molar-refractivity contribution < 1.29 is 8.42 Å². The van der Waals surface area contributed by atoms with Gasteiger partial charge in [0, 0.05) is 32.4 Å². The van der Waals surface area contributed by atoms with Crippen molar-refractivity contribution in [2.45, 2.75) is 0 Å². The molecule has 3 heterocycles. The molecule has 7 nitrogen and oxygen atoms in total. The molecule has 1 aliphatic heterocycles. The third-order valence-corrected chi connectivity index (χ3v) is 4.64.